The number of hydrogen-bond acceptors (Lipinski definition) is 3. The molecule has 134 valence electrons. The topological polar surface area (TPSA) is 55.0 Å². The molecule has 4 aromatic rings. The van der Waals surface area contributed by atoms with Crippen LogP contribution < -0.4 is 10.3 Å². The van der Waals surface area contributed by atoms with Crippen LogP contribution in [-0.2, 0) is 6.61 Å². The summed E-state index contributed by atoms with van der Waals surface area (Å²) in [6, 6.07) is 21.0. The van der Waals surface area contributed by atoms with Gasteiger partial charge in [-0.15, -0.1) is 0 Å². The largest absolute Gasteiger partial charge is 0.487 e. The van der Waals surface area contributed by atoms with Crippen molar-refractivity contribution in [3.05, 3.63) is 91.6 Å². The maximum atomic E-state index is 12.3. The van der Waals surface area contributed by atoms with Gasteiger partial charge in [-0.2, -0.15) is 0 Å². The highest BCUT2D eigenvalue weighted by Gasteiger charge is 2.13. The molecule has 1 aromatic heterocycles. The summed E-state index contributed by atoms with van der Waals surface area (Å²) in [6.07, 6.45) is 0. The Morgan fingerprint density at radius 2 is 1.59 bits per heavy atom. The molecule has 0 unspecified atom stereocenters. The Labute approximate surface area is 172 Å². The van der Waals surface area contributed by atoms with Gasteiger partial charge >= 0.3 is 0 Å². The number of hydrogen-bond donors (Lipinski definition) is 1. The lowest BCUT2D eigenvalue weighted by molar-refractivity contribution is 0.302. The van der Waals surface area contributed by atoms with Crippen molar-refractivity contribution >= 4 is 42.8 Å². The Bertz CT molecular complexity index is 1150. The minimum atomic E-state index is -0.160. The third-order valence-corrected chi connectivity index (χ3v) is 5.29. The van der Waals surface area contributed by atoms with E-state index in [0.29, 0.717) is 29.1 Å². The fourth-order valence-electron chi connectivity index (χ4n) is 2.79. The molecule has 0 radical (unpaired) electrons. The standard InChI is InChI=1S/C21H14Br2N2O2/c22-16-10-14(20-24-18-9-5-4-8-15(18)21(26)25-20)11-17(23)19(16)27-12-13-6-2-1-3-7-13/h1-11H,12H2,(H,24,25,26). The highest BCUT2D eigenvalue weighted by Crippen LogP contribution is 2.37. The first-order valence-corrected chi connectivity index (χ1v) is 9.85. The number of aromatic nitrogens is 2. The van der Waals surface area contributed by atoms with Crippen LogP contribution in [-0.4, -0.2) is 9.97 Å². The number of rotatable bonds is 4. The Balaban J connectivity index is 1.68. The molecular formula is C21H14Br2N2O2. The van der Waals surface area contributed by atoms with Gasteiger partial charge in [0.05, 0.1) is 19.8 Å². The van der Waals surface area contributed by atoms with Gasteiger partial charge in [-0.05, 0) is 61.7 Å². The van der Waals surface area contributed by atoms with Crippen LogP contribution in [0.5, 0.6) is 5.75 Å². The molecule has 0 aliphatic rings. The van der Waals surface area contributed by atoms with Gasteiger partial charge < -0.3 is 9.72 Å². The van der Waals surface area contributed by atoms with Gasteiger partial charge in [-0.3, -0.25) is 4.79 Å². The average molecular weight is 486 g/mol. The van der Waals surface area contributed by atoms with Gasteiger partial charge in [0.2, 0.25) is 0 Å². The number of nitrogens with zero attached hydrogens (tertiary/aromatic N) is 1. The zero-order valence-electron chi connectivity index (χ0n) is 14.1. The van der Waals surface area contributed by atoms with Crippen molar-refractivity contribution in [1.29, 1.82) is 0 Å². The summed E-state index contributed by atoms with van der Waals surface area (Å²) in [5.41, 5.74) is 2.37. The summed E-state index contributed by atoms with van der Waals surface area (Å²) in [5.74, 6) is 1.21. The lowest BCUT2D eigenvalue weighted by Gasteiger charge is -2.12. The first-order chi connectivity index (χ1) is 13.1. The van der Waals surface area contributed by atoms with E-state index in [-0.39, 0.29) is 5.56 Å². The van der Waals surface area contributed by atoms with Gasteiger partial charge in [-0.25, -0.2) is 4.98 Å². The summed E-state index contributed by atoms with van der Waals surface area (Å²) in [4.78, 5) is 19.7. The molecule has 0 atom stereocenters. The molecule has 0 aliphatic carbocycles. The van der Waals surface area contributed by atoms with Crippen molar-refractivity contribution < 1.29 is 4.74 Å². The fourth-order valence-corrected chi connectivity index (χ4v) is 4.20. The molecule has 0 saturated carbocycles. The normalized spacial score (nSPS) is 10.9. The Hall–Kier alpha value is -2.44. The molecule has 0 bridgehead atoms. The Morgan fingerprint density at radius 1 is 0.926 bits per heavy atom. The molecule has 0 fully saturated rings. The van der Waals surface area contributed by atoms with Crippen LogP contribution in [0, 0.1) is 0 Å². The monoisotopic (exact) mass is 484 g/mol. The second-order valence-corrected chi connectivity index (χ2v) is 7.68. The van der Waals surface area contributed by atoms with E-state index >= 15 is 0 Å². The molecule has 6 heteroatoms. The smallest absolute Gasteiger partial charge is 0.259 e. The average Bonchev–Trinajstić information content (AvgIpc) is 2.68. The number of benzene rings is 3. The number of H-pyrrole nitrogens is 1. The predicted octanol–water partition coefficient (Wildman–Crippen LogP) is 5.69. The number of fused-ring (bicyclic) bond motifs is 1. The highest BCUT2D eigenvalue weighted by atomic mass is 79.9. The van der Waals surface area contributed by atoms with Crippen molar-refractivity contribution in [2.75, 3.05) is 0 Å². The maximum Gasteiger partial charge on any atom is 0.259 e. The van der Waals surface area contributed by atoms with E-state index in [1.807, 2.05) is 60.7 Å². The Morgan fingerprint density at radius 3 is 2.33 bits per heavy atom. The molecule has 3 aromatic carbocycles. The lowest BCUT2D eigenvalue weighted by Crippen LogP contribution is -2.09. The number of halogens is 2. The van der Waals surface area contributed by atoms with E-state index in [1.54, 1.807) is 6.07 Å². The van der Waals surface area contributed by atoms with E-state index in [4.69, 9.17) is 4.74 Å². The van der Waals surface area contributed by atoms with Crippen molar-refractivity contribution in [2.45, 2.75) is 6.61 Å². The van der Waals surface area contributed by atoms with Crippen LogP contribution in [0.3, 0.4) is 0 Å². The van der Waals surface area contributed by atoms with Gasteiger partial charge in [0.1, 0.15) is 18.2 Å². The van der Waals surface area contributed by atoms with E-state index in [9.17, 15) is 4.79 Å². The third-order valence-electron chi connectivity index (χ3n) is 4.11. The maximum absolute atomic E-state index is 12.3. The summed E-state index contributed by atoms with van der Waals surface area (Å²) in [7, 11) is 0. The zero-order chi connectivity index (χ0) is 18.8. The van der Waals surface area contributed by atoms with Crippen LogP contribution in [0.4, 0.5) is 0 Å². The molecule has 0 spiro atoms. The second kappa shape index (κ2) is 7.66. The third kappa shape index (κ3) is 3.82. The number of ether oxygens (including phenoxy) is 1. The van der Waals surface area contributed by atoms with Crippen molar-refractivity contribution in [1.82, 2.24) is 9.97 Å². The Kier molecular flexibility index (Phi) is 5.09. The van der Waals surface area contributed by atoms with E-state index in [2.05, 4.69) is 41.8 Å². The van der Waals surface area contributed by atoms with Crippen LogP contribution in [0.1, 0.15) is 5.56 Å². The fraction of sp³-hybridized carbons (Fsp3) is 0.0476. The summed E-state index contributed by atoms with van der Waals surface area (Å²) in [5, 5.41) is 0.571. The quantitative estimate of drug-likeness (QED) is 0.403. The number of nitrogens with one attached hydrogen (secondary N) is 1. The molecule has 0 aliphatic heterocycles. The lowest BCUT2D eigenvalue weighted by atomic mass is 10.2. The van der Waals surface area contributed by atoms with Crippen molar-refractivity contribution in [3.63, 3.8) is 0 Å². The minimum Gasteiger partial charge on any atom is -0.487 e. The molecule has 0 amide bonds. The number of para-hydroxylation sites is 1. The highest BCUT2D eigenvalue weighted by molar-refractivity contribution is 9.11. The first kappa shape index (κ1) is 17.9. The summed E-state index contributed by atoms with van der Waals surface area (Å²) in [6.45, 7) is 0.461. The van der Waals surface area contributed by atoms with E-state index < -0.39 is 0 Å². The molecular weight excluding hydrogens is 472 g/mol. The van der Waals surface area contributed by atoms with Gasteiger partial charge in [0.15, 0.2) is 0 Å². The van der Waals surface area contributed by atoms with Crippen LogP contribution in [0.2, 0.25) is 0 Å². The summed E-state index contributed by atoms with van der Waals surface area (Å²) < 4.78 is 7.51. The van der Waals surface area contributed by atoms with Crippen molar-refractivity contribution in [2.24, 2.45) is 0 Å². The molecule has 4 rings (SSSR count). The molecule has 1 heterocycles. The van der Waals surface area contributed by atoms with Crippen molar-refractivity contribution in [3.8, 4) is 17.1 Å². The molecule has 27 heavy (non-hydrogen) atoms. The van der Waals surface area contributed by atoms with Gasteiger partial charge in [0, 0.05) is 5.56 Å². The molecule has 0 saturated heterocycles. The van der Waals surface area contributed by atoms with Crippen LogP contribution in [0.25, 0.3) is 22.3 Å². The first-order valence-electron chi connectivity index (χ1n) is 8.27. The zero-order valence-corrected chi connectivity index (χ0v) is 17.2. The SMILES string of the molecule is O=c1[nH]c(-c2cc(Br)c(OCc3ccccc3)c(Br)c2)nc2ccccc12. The number of aromatic amines is 1. The van der Waals surface area contributed by atoms with Gasteiger partial charge in [0.25, 0.3) is 5.56 Å². The van der Waals surface area contributed by atoms with Crippen LogP contribution in [0.15, 0.2) is 80.5 Å². The van der Waals surface area contributed by atoms with E-state index in [0.717, 1.165) is 20.1 Å². The minimum absolute atomic E-state index is 0.160. The van der Waals surface area contributed by atoms with Crippen LogP contribution >= 0.6 is 31.9 Å². The molecule has 4 nitrogen and oxygen atoms in total. The van der Waals surface area contributed by atoms with E-state index in [1.165, 1.54) is 0 Å². The predicted molar refractivity (Wildman–Crippen MR) is 114 cm³/mol. The second-order valence-electron chi connectivity index (χ2n) is 5.97. The summed E-state index contributed by atoms with van der Waals surface area (Å²) >= 11 is 7.12. The molecule has 1 N–H and O–H groups in total. The van der Waals surface area contributed by atoms with Gasteiger partial charge in [-0.1, -0.05) is 42.5 Å².